The quantitative estimate of drug-likeness (QED) is 0.731. The van der Waals surface area contributed by atoms with Crippen LogP contribution in [0.25, 0.3) is 0 Å². The fraction of sp³-hybridized carbons (Fsp3) is 0.400. The highest BCUT2D eigenvalue weighted by Gasteiger charge is 2.44. The maximum atomic E-state index is 11.8. The molecule has 102 valence electrons. The Balaban J connectivity index is 3.06. The van der Waals surface area contributed by atoms with Gasteiger partial charge in [-0.25, -0.2) is 0 Å². The standard InChI is InChI=1S/C15H18O4/c1-4-11(16)9-7-10(12(17)5-2)15(13(18)6-3)14(19)8-9/h4-6,9-10,14-15,19H,1-3,7-8H2. The summed E-state index contributed by atoms with van der Waals surface area (Å²) in [6.07, 6.45) is 2.78. The summed E-state index contributed by atoms with van der Waals surface area (Å²) in [4.78, 5) is 35.3. The fourth-order valence-corrected chi connectivity index (χ4v) is 2.62. The molecular weight excluding hydrogens is 244 g/mol. The van der Waals surface area contributed by atoms with E-state index in [1.807, 2.05) is 0 Å². The number of ketones is 3. The van der Waals surface area contributed by atoms with Crippen LogP contribution in [0, 0.1) is 17.8 Å². The first-order valence-corrected chi connectivity index (χ1v) is 6.13. The number of allylic oxidation sites excluding steroid dienone is 3. The van der Waals surface area contributed by atoms with Crippen LogP contribution in [0.1, 0.15) is 12.8 Å². The minimum Gasteiger partial charge on any atom is -0.392 e. The highest BCUT2D eigenvalue weighted by atomic mass is 16.3. The van der Waals surface area contributed by atoms with E-state index in [1.54, 1.807) is 0 Å². The van der Waals surface area contributed by atoms with Crippen molar-refractivity contribution in [1.82, 2.24) is 0 Å². The van der Waals surface area contributed by atoms with Gasteiger partial charge in [-0.15, -0.1) is 0 Å². The van der Waals surface area contributed by atoms with E-state index in [0.29, 0.717) is 0 Å². The van der Waals surface area contributed by atoms with Gasteiger partial charge in [0.15, 0.2) is 17.3 Å². The Labute approximate surface area is 112 Å². The van der Waals surface area contributed by atoms with Crippen molar-refractivity contribution in [3.05, 3.63) is 38.0 Å². The summed E-state index contributed by atoms with van der Waals surface area (Å²) in [5.74, 6) is -2.96. The summed E-state index contributed by atoms with van der Waals surface area (Å²) >= 11 is 0. The Morgan fingerprint density at radius 2 is 1.42 bits per heavy atom. The summed E-state index contributed by atoms with van der Waals surface area (Å²) in [7, 11) is 0. The van der Waals surface area contributed by atoms with Crippen LogP contribution in [-0.2, 0) is 14.4 Å². The van der Waals surface area contributed by atoms with Crippen molar-refractivity contribution >= 4 is 17.3 Å². The molecule has 0 aromatic rings. The van der Waals surface area contributed by atoms with E-state index in [9.17, 15) is 19.5 Å². The fourth-order valence-electron chi connectivity index (χ4n) is 2.62. The van der Waals surface area contributed by atoms with Crippen LogP contribution >= 0.6 is 0 Å². The number of carbonyl (C=O) groups is 3. The van der Waals surface area contributed by atoms with Crippen molar-refractivity contribution in [2.45, 2.75) is 18.9 Å². The zero-order valence-corrected chi connectivity index (χ0v) is 10.7. The van der Waals surface area contributed by atoms with E-state index in [-0.39, 0.29) is 30.2 Å². The van der Waals surface area contributed by atoms with Gasteiger partial charge in [0, 0.05) is 11.8 Å². The molecule has 4 atom stereocenters. The zero-order valence-electron chi connectivity index (χ0n) is 10.7. The van der Waals surface area contributed by atoms with E-state index in [0.717, 1.165) is 12.2 Å². The first-order chi connectivity index (χ1) is 8.96. The van der Waals surface area contributed by atoms with Crippen LogP contribution in [0.15, 0.2) is 38.0 Å². The molecule has 19 heavy (non-hydrogen) atoms. The predicted octanol–water partition coefficient (Wildman–Crippen LogP) is 1.25. The van der Waals surface area contributed by atoms with E-state index in [1.165, 1.54) is 6.08 Å². The van der Waals surface area contributed by atoms with Crippen molar-refractivity contribution in [3.8, 4) is 0 Å². The number of aliphatic hydroxyl groups excluding tert-OH is 1. The molecule has 4 heteroatoms. The topological polar surface area (TPSA) is 71.4 Å². The third-order valence-corrected chi connectivity index (χ3v) is 3.61. The normalized spacial score (nSPS) is 30.2. The van der Waals surface area contributed by atoms with Crippen LogP contribution in [0.5, 0.6) is 0 Å². The number of hydrogen-bond acceptors (Lipinski definition) is 4. The van der Waals surface area contributed by atoms with Crippen molar-refractivity contribution in [2.75, 3.05) is 0 Å². The lowest BCUT2D eigenvalue weighted by atomic mass is 9.68. The summed E-state index contributed by atoms with van der Waals surface area (Å²) in [5, 5.41) is 10.1. The molecule has 1 N–H and O–H groups in total. The molecule has 0 heterocycles. The lowest BCUT2D eigenvalue weighted by Gasteiger charge is -2.36. The van der Waals surface area contributed by atoms with Gasteiger partial charge in [-0.1, -0.05) is 19.7 Å². The highest BCUT2D eigenvalue weighted by Crippen LogP contribution is 2.36. The minimum absolute atomic E-state index is 0.163. The maximum absolute atomic E-state index is 11.8. The second-order valence-electron chi connectivity index (χ2n) is 4.69. The Morgan fingerprint density at radius 1 is 0.895 bits per heavy atom. The molecule has 4 unspecified atom stereocenters. The summed E-state index contributed by atoms with van der Waals surface area (Å²) in [6.45, 7) is 10.2. The first kappa shape index (κ1) is 15.2. The maximum Gasteiger partial charge on any atom is 0.161 e. The molecule has 0 aliphatic heterocycles. The third-order valence-electron chi connectivity index (χ3n) is 3.61. The lowest BCUT2D eigenvalue weighted by Crippen LogP contribution is -2.45. The Morgan fingerprint density at radius 3 is 1.89 bits per heavy atom. The smallest absolute Gasteiger partial charge is 0.161 e. The number of rotatable bonds is 6. The molecule has 1 rings (SSSR count). The van der Waals surface area contributed by atoms with Crippen LogP contribution in [0.3, 0.4) is 0 Å². The van der Waals surface area contributed by atoms with Gasteiger partial charge in [-0.3, -0.25) is 14.4 Å². The van der Waals surface area contributed by atoms with Crippen LogP contribution in [0.2, 0.25) is 0 Å². The molecule has 0 spiro atoms. The summed E-state index contributed by atoms with van der Waals surface area (Å²) in [5.41, 5.74) is 0. The van der Waals surface area contributed by atoms with Gasteiger partial charge in [0.25, 0.3) is 0 Å². The van der Waals surface area contributed by atoms with Gasteiger partial charge in [0.2, 0.25) is 0 Å². The molecule has 0 bridgehead atoms. The number of carbonyl (C=O) groups excluding carboxylic acids is 3. The van der Waals surface area contributed by atoms with Crippen molar-refractivity contribution in [3.63, 3.8) is 0 Å². The van der Waals surface area contributed by atoms with E-state index in [2.05, 4.69) is 19.7 Å². The summed E-state index contributed by atoms with van der Waals surface area (Å²) < 4.78 is 0. The average molecular weight is 262 g/mol. The SMILES string of the molecule is C=CC(=O)C1CC(O)C(C(=O)C=C)C(C(=O)C=C)C1. The van der Waals surface area contributed by atoms with E-state index in [4.69, 9.17) is 0 Å². The monoisotopic (exact) mass is 262 g/mol. The first-order valence-electron chi connectivity index (χ1n) is 6.13. The van der Waals surface area contributed by atoms with Gasteiger partial charge in [0.05, 0.1) is 12.0 Å². The minimum atomic E-state index is -1.03. The molecule has 4 nitrogen and oxygen atoms in total. The van der Waals surface area contributed by atoms with Gasteiger partial charge < -0.3 is 5.11 Å². The van der Waals surface area contributed by atoms with Crippen LogP contribution in [-0.4, -0.2) is 28.6 Å². The highest BCUT2D eigenvalue weighted by molar-refractivity contribution is 6.00. The second-order valence-corrected chi connectivity index (χ2v) is 4.69. The second kappa shape index (κ2) is 6.38. The Hall–Kier alpha value is -1.81. The van der Waals surface area contributed by atoms with Crippen LogP contribution in [0.4, 0.5) is 0 Å². The molecule has 0 radical (unpaired) electrons. The third kappa shape index (κ3) is 3.15. The number of hydrogen-bond donors (Lipinski definition) is 1. The largest absolute Gasteiger partial charge is 0.392 e. The van der Waals surface area contributed by atoms with E-state index >= 15 is 0 Å². The Bertz CT molecular complexity index is 435. The molecule has 0 amide bonds. The van der Waals surface area contributed by atoms with Crippen molar-refractivity contribution in [2.24, 2.45) is 17.8 Å². The van der Waals surface area contributed by atoms with Crippen molar-refractivity contribution in [1.29, 1.82) is 0 Å². The zero-order chi connectivity index (χ0) is 14.6. The van der Waals surface area contributed by atoms with Gasteiger partial charge in [0.1, 0.15) is 0 Å². The number of aliphatic hydroxyl groups is 1. The predicted molar refractivity (Wildman–Crippen MR) is 71.3 cm³/mol. The average Bonchev–Trinajstić information content (AvgIpc) is 2.43. The molecular formula is C15H18O4. The summed E-state index contributed by atoms with van der Waals surface area (Å²) in [6, 6.07) is 0. The van der Waals surface area contributed by atoms with Gasteiger partial charge in [-0.05, 0) is 31.1 Å². The van der Waals surface area contributed by atoms with Crippen molar-refractivity contribution < 1.29 is 19.5 Å². The molecule has 1 aliphatic carbocycles. The van der Waals surface area contributed by atoms with E-state index < -0.39 is 23.9 Å². The molecule has 0 aromatic carbocycles. The molecule has 1 saturated carbocycles. The van der Waals surface area contributed by atoms with Crippen LogP contribution < -0.4 is 0 Å². The Kier molecular flexibility index (Phi) is 5.12. The van der Waals surface area contributed by atoms with Gasteiger partial charge >= 0.3 is 0 Å². The molecule has 0 aromatic heterocycles. The lowest BCUT2D eigenvalue weighted by molar-refractivity contribution is -0.138. The molecule has 1 fully saturated rings. The molecule has 1 aliphatic rings. The molecule has 0 saturated heterocycles. The van der Waals surface area contributed by atoms with Gasteiger partial charge in [-0.2, -0.15) is 0 Å².